The zero-order valence-corrected chi connectivity index (χ0v) is 10.5. The van der Waals surface area contributed by atoms with Crippen molar-refractivity contribution in [3.63, 3.8) is 0 Å². The van der Waals surface area contributed by atoms with Gasteiger partial charge in [-0.1, -0.05) is 6.07 Å². The smallest absolute Gasteiger partial charge is 0.214 e. The summed E-state index contributed by atoms with van der Waals surface area (Å²) in [5.74, 6) is 0.544. The Morgan fingerprint density at radius 2 is 2.12 bits per heavy atom. The lowest BCUT2D eigenvalue weighted by Gasteiger charge is -2.46. The van der Waals surface area contributed by atoms with E-state index in [1.165, 1.54) is 0 Å². The molecule has 0 atom stereocenters. The van der Waals surface area contributed by atoms with Crippen LogP contribution in [0.3, 0.4) is 0 Å². The van der Waals surface area contributed by atoms with E-state index in [-0.39, 0.29) is 11.6 Å². The number of likely N-dealkylation sites (tertiary alicyclic amines) is 1. The summed E-state index contributed by atoms with van der Waals surface area (Å²) in [4.78, 5) is 6.45. The van der Waals surface area contributed by atoms with Crippen molar-refractivity contribution >= 4 is 0 Å². The fraction of sp³-hybridized carbons (Fsp3) is 0.538. The first-order chi connectivity index (χ1) is 7.99. The van der Waals surface area contributed by atoms with E-state index in [0.29, 0.717) is 11.6 Å². The fourth-order valence-corrected chi connectivity index (χ4v) is 1.77. The van der Waals surface area contributed by atoms with Crippen LogP contribution in [0.4, 0.5) is 0 Å². The highest BCUT2D eigenvalue weighted by Crippen LogP contribution is 2.23. The number of aromatic nitrogens is 1. The van der Waals surface area contributed by atoms with Gasteiger partial charge in [-0.25, -0.2) is 4.98 Å². The third kappa shape index (κ3) is 2.75. The maximum atomic E-state index is 8.74. The van der Waals surface area contributed by atoms with Crippen LogP contribution in [0.2, 0.25) is 0 Å². The molecule has 1 fully saturated rings. The Labute approximate surface area is 102 Å². The summed E-state index contributed by atoms with van der Waals surface area (Å²) in [5, 5.41) is 8.74. The molecule has 1 aromatic heterocycles. The van der Waals surface area contributed by atoms with Crippen molar-refractivity contribution in [1.82, 2.24) is 9.88 Å². The van der Waals surface area contributed by atoms with Crippen LogP contribution in [-0.4, -0.2) is 34.6 Å². The molecule has 0 spiro atoms. The van der Waals surface area contributed by atoms with E-state index in [0.717, 1.165) is 13.1 Å². The molecule has 1 aliphatic rings. The molecule has 1 aromatic rings. The third-order valence-electron chi connectivity index (χ3n) is 2.92. The number of ether oxygens (including phenoxy) is 1. The average molecular weight is 231 g/mol. The van der Waals surface area contributed by atoms with Gasteiger partial charge in [0.25, 0.3) is 0 Å². The number of nitrogens with zero attached hydrogens (tertiary/aromatic N) is 3. The van der Waals surface area contributed by atoms with Crippen LogP contribution in [-0.2, 0) is 0 Å². The average Bonchev–Trinajstić information content (AvgIpc) is 2.21. The molecule has 0 amide bonds. The predicted molar refractivity (Wildman–Crippen MR) is 64.7 cm³/mol. The topological polar surface area (TPSA) is 49.1 Å². The molecule has 90 valence electrons. The number of hydrogen-bond acceptors (Lipinski definition) is 4. The first kappa shape index (κ1) is 11.9. The Morgan fingerprint density at radius 3 is 2.71 bits per heavy atom. The molecule has 0 aliphatic carbocycles. The van der Waals surface area contributed by atoms with Crippen molar-refractivity contribution in [2.45, 2.75) is 32.4 Å². The third-order valence-corrected chi connectivity index (χ3v) is 2.92. The van der Waals surface area contributed by atoms with Crippen LogP contribution in [0.5, 0.6) is 5.88 Å². The molecule has 1 saturated heterocycles. The van der Waals surface area contributed by atoms with E-state index in [4.69, 9.17) is 10.00 Å². The van der Waals surface area contributed by atoms with Crippen LogP contribution >= 0.6 is 0 Å². The van der Waals surface area contributed by atoms with Gasteiger partial charge < -0.3 is 4.74 Å². The molecule has 17 heavy (non-hydrogen) atoms. The van der Waals surface area contributed by atoms with Crippen LogP contribution < -0.4 is 4.74 Å². The summed E-state index contributed by atoms with van der Waals surface area (Å²) in [6.45, 7) is 8.41. The van der Waals surface area contributed by atoms with Gasteiger partial charge in [-0.05, 0) is 26.8 Å². The van der Waals surface area contributed by atoms with Gasteiger partial charge in [0.05, 0.1) is 0 Å². The van der Waals surface area contributed by atoms with Gasteiger partial charge in [-0.2, -0.15) is 5.26 Å². The molecule has 0 bridgehead atoms. The largest absolute Gasteiger partial charge is 0.472 e. The number of hydrogen-bond donors (Lipinski definition) is 0. The SMILES string of the molecule is CC(C)(C)N1CC(Oc2cccc(C#N)n2)C1. The van der Waals surface area contributed by atoms with Crippen molar-refractivity contribution in [3.8, 4) is 11.9 Å². The van der Waals surface area contributed by atoms with Gasteiger partial charge in [0, 0.05) is 24.7 Å². The van der Waals surface area contributed by atoms with Crippen LogP contribution in [0.25, 0.3) is 0 Å². The van der Waals surface area contributed by atoms with Gasteiger partial charge in [-0.15, -0.1) is 0 Å². The molecule has 1 aliphatic heterocycles. The lowest BCUT2D eigenvalue weighted by Crippen LogP contribution is -2.60. The molecule has 4 nitrogen and oxygen atoms in total. The monoisotopic (exact) mass is 231 g/mol. The van der Waals surface area contributed by atoms with Gasteiger partial charge in [0.15, 0.2) is 0 Å². The molecule has 0 radical (unpaired) electrons. The van der Waals surface area contributed by atoms with E-state index in [1.54, 1.807) is 18.2 Å². The van der Waals surface area contributed by atoms with Crippen molar-refractivity contribution in [2.24, 2.45) is 0 Å². The molecule has 0 N–H and O–H groups in total. The Balaban J connectivity index is 1.90. The Morgan fingerprint density at radius 1 is 1.41 bits per heavy atom. The van der Waals surface area contributed by atoms with Crippen LogP contribution in [0, 0.1) is 11.3 Å². The summed E-state index contributed by atoms with van der Waals surface area (Å²) in [6.07, 6.45) is 0.190. The minimum absolute atomic E-state index is 0.190. The van der Waals surface area contributed by atoms with E-state index in [9.17, 15) is 0 Å². The molecular formula is C13H17N3O. The van der Waals surface area contributed by atoms with Gasteiger partial charge in [0.1, 0.15) is 17.9 Å². The molecule has 2 rings (SSSR count). The molecule has 4 heteroatoms. The lowest BCUT2D eigenvalue weighted by atomic mass is 9.99. The number of nitriles is 1. The summed E-state index contributed by atoms with van der Waals surface area (Å²) in [5.41, 5.74) is 0.594. The zero-order valence-electron chi connectivity index (χ0n) is 10.5. The Kier molecular flexibility index (Phi) is 3.03. The second-order valence-corrected chi connectivity index (χ2v) is 5.29. The van der Waals surface area contributed by atoms with Crippen molar-refractivity contribution in [1.29, 1.82) is 5.26 Å². The maximum absolute atomic E-state index is 8.74. The normalized spacial score (nSPS) is 17.3. The predicted octanol–water partition coefficient (Wildman–Crippen LogP) is 1.81. The Bertz CT molecular complexity index is 439. The first-order valence-corrected chi connectivity index (χ1v) is 5.78. The first-order valence-electron chi connectivity index (χ1n) is 5.78. The second kappa shape index (κ2) is 4.34. The second-order valence-electron chi connectivity index (χ2n) is 5.29. The van der Waals surface area contributed by atoms with Crippen LogP contribution in [0.1, 0.15) is 26.5 Å². The van der Waals surface area contributed by atoms with Crippen molar-refractivity contribution in [3.05, 3.63) is 23.9 Å². The van der Waals surface area contributed by atoms with Gasteiger partial charge >= 0.3 is 0 Å². The van der Waals surface area contributed by atoms with Crippen LogP contribution in [0.15, 0.2) is 18.2 Å². The summed E-state index contributed by atoms with van der Waals surface area (Å²) < 4.78 is 5.71. The summed E-state index contributed by atoms with van der Waals surface area (Å²) in [6, 6.07) is 7.27. The highest BCUT2D eigenvalue weighted by atomic mass is 16.5. The molecular weight excluding hydrogens is 214 g/mol. The highest BCUT2D eigenvalue weighted by molar-refractivity contribution is 5.25. The highest BCUT2D eigenvalue weighted by Gasteiger charge is 2.35. The molecule has 0 saturated carbocycles. The minimum Gasteiger partial charge on any atom is -0.472 e. The molecule has 2 heterocycles. The van der Waals surface area contributed by atoms with Gasteiger partial charge in [-0.3, -0.25) is 4.90 Å². The summed E-state index contributed by atoms with van der Waals surface area (Å²) in [7, 11) is 0. The number of rotatable bonds is 2. The Hall–Kier alpha value is -1.60. The standard InChI is InChI=1S/C13H17N3O/c1-13(2,3)16-8-11(9-16)17-12-6-4-5-10(7-14)15-12/h4-6,11H,8-9H2,1-3H3. The summed E-state index contributed by atoms with van der Waals surface area (Å²) >= 11 is 0. The van der Waals surface area contributed by atoms with E-state index in [1.807, 2.05) is 6.07 Å². The minimum atomic E-state index is 0.190. The molecule has 0 unspecified atom stereocenters. The lowest BCUT2D eigenvalue weighted by molar-refractivity contribution is -0.0368. The molecule has 0 aromatic carbocycles. The van der Waals surface area contributed by atoms with E-state index < -0.39 is 0 Å². The zero-order chi connectivity index (χ0) is 12.5. The fourth-order valence-electron chi connectivity index (χ4n) is 1.77. The quantitative estimate of drug-likeness (QED) is 0.779. The van der Waals surface area contributed by atoms with Crippen molar-refractivity contribution < 1.29 is 4.74 Å². The van der Waals surface area contributed by atoms with Crippen molar-refractivity contribution in [2.75, 3.05) is 13.1 Å². The van der Waals surface area contributed by atoms with E-state index in [2.05, 4.69) is 30.7 Å². The maximum Gasteiger partial charge on any atom is 0.214 e. The van der Waals surface area contributed by atoms with E-state index >= 15 is 0 Å². The number of pyridine rings is 1. The van der Waals surface area contributed by atoms with Gasteiger partial charge in [0.2, 0.25) is 5.88 Å².